The number of nitrogens with zero attached hydrogens (tertiary/aromatic N) is 3. The van der Waals surface area contributed by atoms with E-state index >= 15 is 0 Å². The van der Waals surface area contributed by atoms with Gasteiger partial charge in [-0.25, -0.2) is 0 Å². The largest absolute Gasteiger partial charge is 0.309 e. The lowest BCUT2D eigenvalue weighted by atomic mass is 10.1. The number of fused-ring (bicyclic) bond motifs is 10. The molecule has 0 N–H and O–H groups in total. The molecular weight excluding hydrogens is 546 g/mol. The molecule has 210 valence electrons. The predicted molar refractivity (Wildman–Crippen MR) is 189 cm³/mol. The van der Waals surface area contributed by atoms with Crippen LogP contribution < -0.4 is 0 Å². The first-order valence-corrected chi connectivity index (χ1v) is 15.5. The van der Waals surface area contributed by atoms with Crippen molar-refractivity contribution in [2.24, 2.45) is 0 Å². The topological polar surface area (TPSA) is 14.8 Å². The molecule has 0 bridgehead atoms. The minimum absolute atomic E-state index is 1.15. The van der Waals surface area contributed by atoms with Gasteiger partial charge in [0.15, 0.2) is 0 Å². The summed E-state index contributed by atoms with van der Waals surface area (Å²) in [5.74, 6) is 0. The monoisotopic (exact) mass is 573 g/mol. The molecule has 0 atom stereocenters. The van der Waals surface area contributed by atoms with Crippen molar-refractivity contribution in [3.8, 4) is 17.1 Å². The van der Waals surface area contributed by atoms with Crippen molar-refractivity contribution in [1.29, 1.82) is 0 Å². The Morgan fingerprint density at radius 2 is 0.622 bits per heavy atom. The van der Waals surface area contributed by atoms with E-state index < -0.39 is 0 Å². The molecule has 0 aliphatic rings. The molecule has 10 rings (SSSR count). The van der Waals surface area contributed by atoms with Gasteiger partial charge in [0.1, 0.15) is 0 Å². The molecule has 3 aromatic heterocycles. The minimum Gasteiger partial charge on any atom is -0.309 e. The summed E-state index contributed by atoms with van der Waals surface area (Å²) in [6.07, 6.45) is 0. The number of hydrogen-bond acceptors (Lipinski definition) is 0. The summed E-state index contributed by atoms with van der Waals surface area (Å²) in [5.41, 5.74) is 10.7. The molecule has 0 unspecified atom stereocenters. The third-order valence-electron chi connectivity index (χ3n) is 9.41. The number of para-hydroxylation sites is 5. The van der Waals surface area contributed by atoms with Gasteiger partial charge in [-0.15, -0.1) is 0 Å². The maximum absolute atomic E-state index is 2.47. The molecule has 0 aliphatic heterocycles. The molecular formula is C42H27N3. The van der Waals surface area contributed by atoms with E-state index in [2.05, 4.69) is 177 Å². The van der Waals surface area contributed by atoms with Crippen molar-refractivity contribution >= 4 is 65.4 Å². The summed E-state index contributed by atoms with van der Waals surface area (Å²) in [5, 5.41) is 7.54. The molecule has 10 aromatic rings. The zero-order valence-corrected chi connectivity index (χ0v) is 24.4. The zero-order chi connectivity index (χ0) is 29.5. The van der Waals surface area contributed by atoms with Gasteiger partial charge in [-0.05, 0) is 54.6 Å². The molecule has 0 saturated heterocycles. The van der Waals surface area contributed by atoms with E-state index in [9.17, 15) is 0 Å². The van der Waals surface area contributed by atoms with E-state index in [-0.39, 0.29) is 0 Å². The van der Waals surface area contributed by atoms with E-state index in [1.807, 2.05) is 0 Å². The predicted octanol–water partition coefficient (Wildman–Crippen LogP) is 11.0. The van der Waals surface area contributed by atoms with E-state index in [1.54, 1.807) is 0 Å². The summed E-state index contributed by atoms with van der Waals surface area (Å²) in [4.78, 5) is 0. The molecule has 0 saturated carbocycles. The number of aromatic nitrogens is 3. The van der Waals surface area contributed by atoms with Crippen molar-refractivity contribution in [1.82, 2.24) is 13.7 Å². The minimum atomic E-state index is 1.15. The molecule has 0 spiro atoms. The Kier molecular flexibility index (Phi) is 5.00. The van der Waals surface area contributed by atoms with Crippen LogP contribution in [-0.4, -0.2) is 13.7 Å². The van der Waals surface area contributed by atoms with Gasteiger partial charge in [0.2, 0.25) is 0 Å². The third kappa shape index (κ3) is 3.35. The van der Waals surface area contributed by atoms with Crippen LogP contribution in [0.5, 0.6) is 0 Å². The second kappa shape index (κ2) is 9.22. The Bertz CT molecular complexity index is 2690. The zero-order valence-electron chi connectivity index (χ0n) is 24.4. The Hall–Kier alpha value is -6.06. The van der Waals surface area contributed by atoms with Gasteiger partial charge < -0.3 is 13.7 Å². The summed E-state index contributed by atoms with van der Waals surface area (Å²) in [7, 11) is 0. The maximum Gasteiger partial charge on any atom is 0.0788 e. The third-order valence-corrected chi connectivity index (χ3v) is 9.41. The van der Waals surface area contributed by atoms with E-state index in [0.717, 1.165) is 17.1 Å². The number of rotatable bonds is 3. The van der Waals surface area contributed by atoms with Crippen LogP contribution in [0.15, 0.2) is 164 Å². The molecule has 3 heteroatoms. The molecule has 7 aromatic carbocycles. The lowest BCUT2D eigenvalue weighted by molar-refractivity contribution is 1.14. The van der Waals surface area contributed by atoms with Crippen LogP contribution in [0.3, 0.4) is 0 Å². The van der Waals surface area contributed by atoms with Crippen LogP contribution in [0.25, 0.3) is 82.5 Å². The normalized spacial score (nSPS) is 12.0. The Morgan fingerprint density at radius 3 is 1.16 bits per heavy atom. The quantitative estimate of drug-likeness (QED) is 0.200. The van der Waals surface area contributed by atoms with E-state index in [1.165, 1.54) is 65.4 Å². The highest BCUT2D eigenvalue weighted by Gasteiger charge is 2.22. The highest BCUT2D eigenvalue weighted by molar-refractivity contribution is 6.24. The smallest absolute Gasteiger partial charge is 0.0788 e. The number of benzene rings is 7. The number of hydrogen-bond donors (Lipinski definition) is 0. The second-order valence-corrected chi connectivity index (χ2v) is 11.8. The van der Waals surface area contributed by atoms with Crippen molar-refractivity contribution in [2.45, 2.75) is 0 Å². The van der Waals surface area contributed by atoms with Crippen LogP contribution in [-0.2, 0) is 0 Å². The SMILES string of the molecule is c1ccc(-n2c3ccccc3c3ccc4c5ccc(-n6c7ccccc7c7ccccc76)cc5n(-c5ccccc5)c4c32)cc1. The molecule has 0 fully saturated rings. The fraction of sp³-hybridized carbons (Fsp3) is 0. The first-order valence-electron chi connectivity index (χ1n) is 15.5. The standard InChI is InChI=1S/C42H27N3/c1-3-13-28(14-4-1)44-39-22-12-9-19-33(39)35-25-26-36-34-24-23-30(27-40(34)45(42(36)41(35)44)29-15-5-2-6-16-29)43-37-20-10-7-17-31(37)32-18-8-11-21-38(32)43/h1-27H. The van der Waals surface area contributed by atoms with Crippen LogP contribution in [0.1, 0.15) is 0 Å². The molecule has 0 amide bonds. The summed E-state index contributed by atoms with van der Waals surface area (Å²) in [6.45, 7) is 0. The highest BCUT2D eigenvalue weighted by Crippen LogP contribution is 2.42. The van der Waals surface area contributed by atoms with Crippen LogP contribution in [0, 0.1) is 0 Å². The Balaban J connectivity index is 1.40. The second-order valence-electron chi connectivity index (χ2n) is 11.8. The van der Waals surface area contributed by atoms with Gasteiger partial charge in [-0.2, -0.15) is 0 Å². The molecule has 0 radical (unpaired) electrons. The van der Waals surface area contributed by atoms with Gasteiger partial charge >= 0.3 is 0 Å². The maximum atomic E-state index is 2.47. The van der Waals surface area contributed by atoms with Crippen LogP contribution >= 0.6 is 0 Å². The summed E-state index contributed by atoms with van der Waals surface area (Å²) < 4.78 is 7.33. The van der Waals surface area contributed by atoms with Crippen molar-refractivity contribution < 1.29 is 0 Å². The van der Waals surface area contributed by atoms with Gasteiger partial charge in [-0.1, -0.05) is 109 Å². The molecule has 3 nitrogen and oxygen atoms in total. The molecule has 0 aliphatic carbocycles. The summed E-state index contributed by atoms with van der Waals surface area (Å²) in [6, 6.07) is 59.4. The Labute approximate surface area is 259 Å². The van der Waals surface area contributed by atoms with Crippen molar-refractivity contribution in [3.05, 3.63) is 164 Å². The van der Waals surface area contributed by atoms with Crippen molar-refractivity contribution in [3.63, 3.8) is 0 Å². The average molecular weight is 574 g/mol. The van der Waals surface area contributed by atoms with Gasteiger partial charge in [-0.3, -0.25) is 0 Å². The fourth-order valence-electron chi connectivity index (χ4n) is 7.57. The first kappa shape index (κ1) is 24.4. The lowest BCUT2D eigenvalue weighted by Gasteiger charge is -2.13. The van der Waals surface area contributed by atoms with Crippen LogP contribution in [0.4, 0.5) is 0 Å². The van der Waals surface area contributed by atoms with Gasteiger partial charge in [0.25, 0.3) is 0 Å². The summed E-state index contributed by atoms with van der Waals surface area (Å²) >= 11 is 0. The van der Waals surface area contributed by atoms with Crippen LogP contribution in [0.2, 0.25) is 0 Å². The first-order chi connectivity index (χ1) is 22.4. The van der Waals surface area contributed by atoms with Gasteiger partial charge in [0.05, 0.1) is 33.1 Å². The Morgan fingerprint density at radius 1 is 0.244 bits per heavy atom. The molecule has 45 heavy (non-hydrogen) atoms. The van der Waals surface area contributed by atoms with E-state index in [0.29, 0.717) is 0 Å². The average Bonchev–Trinajstić information content (AvgIpc) is 3.74. The van der Waals surface area contributed by atoms with Crippen molar-refractivity contribution in [2.75, 3.05) is 0 Å². The van der Waals surface area contributed by atoms with Gasteiger partial charge in [0, 0.05) is 49.4 Å². The molecule has 3 heterocycles. The highest BCUT2D eigenvalue weighted by atomic mass is 15.1. The van der Waals surface area contributed by atoms with E-state index in [4.69, 9.17) is 0 Å². The lowest BCUT2D eigenvalue weighted by Crippen LogP contribution is -1.99. The fourth-order valence-corrected chi connectivity index (χ4v) is 7.57.